The second-order valence-corrected chi connectivity index (χ2v) is 4.76. The molecule has 0 aliphatic heterocycles. The van der Waals surface area contributed by atoms with Gasteiger partial charge in [-0.15, -0.1) is 0 Å². The fourth-order valence-electron chi connectivity index (χ4n) is 2.68. The first-order valence-corrected chi connectivity index (χ1v) is 6.02. The molecule has 0 unspecified atom stereocenters. The third-order valence-electron chi connectivity index (χ3n) is 3.46. The average Bonchev–Trinajstić information content (AvgIpc) is 2.28. The minimum Gasteiger partial charge on any atom is -0.508 e. The fraction of sp³-hybridized carbons (Fsp3) is 0.538. The van der Waals surface area contributed by atoms with E-state index in [1.807, 2.05) is 0 Å². The van der Waals surface area contributed by atoms with E-state index in [2.05, 4.69) is 0 Å². The van der Waals surface area contributed by atoms with Gasteiger partial charge in [0.1, 0.15) is 11.5 Å². The Balaban J connectivity index is 2.49. The topological polar surface area (TPSA) is 40.5 Å². The molecule has 0 atom stereocenters. The highest BCUT2D eigenvalue weighted by Crippen LogP contribution is 2.46. The molecule has 2 nitrogen and oxygen atoms in total. The first kappa shape index (κ1) is 13.1. The summed E-state index contributed by atoms with van der Waals surface area (Å²) >= 11 is 0. The Labute approximate surface area is 103 Å². The van der Waals surface area contributed by atoms with Gasteiger partial charge < -0.3 is 10.2 Å². The zero-order valence-corrected chi connectivity index (χ0v) is 9.80. The maximum Gasteiger partial charge on any atom is 0.416 e. The summed E-state index contributed by atoms with van der Waals surface area (Å²) in [5.74, 6) is -1.27. The number of phenolic OH excluding ortho intramolecular Hbond substituents is 2. The molecule has 18 heavy (non-hydrogen) atoms. The standard InChI is InChI=1S/C13H15F3O2/c14-13(15,16)10-6-9(17)7-11(18)12(10)8-4-2-1-3-5-8/h6-8,17-18H,1-5H2. The Kier molecular flexibility index (Phi) is 3.41. The molecule has 2 rings (SSSR count). The molecule has 0 amide bonds. The summed E-state index contributed by atoms with van der Waals surface area (Å²) in [7, 11) is 0. The summed E-state index contributed by atoms with van der Waals surface area (Å²) in [6, 6.07) is 1.68. The number of hydrogen-bond acceptors (Lipinski definition) is 2. The van der Waals surface area contributed by atoms with E-state index in [1.54, 1.807) is 0 Å². The van der Waals surface area contributed by atoms with Gasteiger partial charge in [0, 0.05) is 11.6 Å². The van der Waals surface area contributed by atoms with Crippen molar-refractivity contribution in [3.8, 4) is 11.5 Å². The summed E-state index contributed by atoms with van der Waals surface area (Å²) < 4.78 is 38.8. The van der Waals surface area contributed by atoms with Crippen LogP contribution in [-0.2, 0) is 6.18 Å². The van der Waals surface area contributed by atoms with Gasteiger partial charge >= 0.3 is 6.18 Å². The van der Waals surface area contributed by atoms with Gasteiger partial charge in [-0.2, -0.15) is 13.2 Å². The Morgan fingerprint density at radius 3 is 2.17 bits per heavy atom. The van der Waals surface area contributed by atoms with Crippen LogP contribution in [0.15, 0.2) is 12.1 Å². The van der Waals surface area contributed by atoms with Gasteiger partial charge in [-0.25, -0.2) is 0 Å². The molecular formula is C13H15F3O2. The van der Waals surface area contributed by atoms with Gasteiger partial charge in [-0.05, 0) is 24.8 Å². The van der Waals surface area contributed by atoms with E-state index in [-0.39, 0.29) is 11.5 Å². The molecule has 100 valence electrons. The minimum absolute atomic E-state index is 0.0556. The highest BCUT2D eigenvalue weighted by atomic mass is 19.4. The molecule has 1 aromatic carbocycles. The van der Waals surface area contributed by atoms with Crippen LogP contribution in [0, 0.1) is 0 Å². The first-order valence-electron chi connectivity index (χ1n) is 6.02. The van der Waals surface area contributed by atoms with Gasteiger partial charge in [-0.1, -0.05) is 19.3 Å². The van der Waals surface area contributed by atoms with E-state index in [4.69, 9.17) is 0 Å². The van der Waals surface area contributed by atoms with Gasteiger partial charge in [0.15, 0.2) is 0 Å². The maximum absolute atomic E-state index is 12.9. The van der Waals surface area contributed by atoms with Crippen LogP contribution in [0.2, 0.25) is 0 Å². The van der Waals surface area contributed by atoms with Crippen LogP contribution in [-0.4, -0.2) is 10.2 Å². The van der Waals surface area contributed by atoms with Crippen molar-refractivity contribution in [2.24, 2.45) is 0 Å². The van der Waals surface area contributed by atoms with Gasteiger partial charge in [-0.3, -0.25) is 0 Å². The van der Waals surface area contributed by atoms with Crippen molar-refractivity contribution in [1.29, 1.82) is 0 Å². The lowest BCUT2D eigenvalue weighted by Gasteiger charge is -2.26. The van der Waals surface area contributed by atoms with E-state index >= 15 is 0 Å². The van der Waals surface area contributed by atoms with Gasteiger partial charge in [0.25, 0.3) is 0 Å². The molecular weight excluding hydrogens is 245 g/mol. The Morgan fingerprint density at radius 2 is 1.61 bits per heavy atom. The number of hydrogen-bond donors (Lipinski definition) is 2. The molecule has 0 aromatic heterocycles. The van der Waals surface area contributed by atoms with Crippen LogP contribution in [0.5, 0.6) is 11.5 Å². The number of alkyl halides is 3. The molecule has 5 heteroatoms. The van der Waals surface area contributed by atoms with Crippen LogP contribution in [0.1, 0.15) is 49.1 Å². The Hall–Kier alpha value is -1.39. The SMILES string of the molecule is Oc1cc(O)c(C2CCCCC2)c(C(F)(F)F)c1. The van der Waals surface area contributed by atoms with Crippen LogP contribution < -0.4 is 0 Å². The second-order valence-electron chi connectivity index (χ2n) is 4.76. The summed E-state index contributed by atoms with van der Waals surface area (Å²) in [5, 5.41) is 18.9. The number of phenols is 2. The lowest BCUT2D eigenvalue weighted by molar-refractivity contribution is -0.138. The third kappa shape index (κ3) is 2.54. The number of halogens is 3. The number of aromatic hydroxyl groups is 2. The van der Waals surface area contributed by atoms with Crippen molar-refractivity contribution in [2.45, 2.75) is 44.2 Å². The highest BCUT2D eigenvalue weighted by Gasteiger charge is 2.37. The molecule has 0 radical (unpaired) electrons. The zero-order chi connectivity index (χ0) is 13.3. The molecule has 1 aliphatic carbocycles. The lowest BCUT2D eigenvalue weighted by Crippen LogP contribution is -2.14. The smallest absolute Gasteiger partial charge is 0.416 e. The van der Waals surface area contributed by atoms with Crippen molar-refractivity contribution in [3.63, 3.8) is 0 Å². The van der Waals surface area contributed by atoms with Crippen molar-refractivity contribution >= 4 is 0 Å². The summed E-state index contributed by atoms with van der Waals surface area (Å²) in [4.78, 5) is 0. The quantitative estimate of drug-likeness (QED) is 0.795. The van der Waals surface area contributed by atoms with Crippen molar-refractivity contribution in [2.75, 3.05) is 0 Å². The number of benzene rings is 1. The predicted octanol–water partition coefficient (Wildman–Crippen LogP) is 4.16. The average molecular weight is 260 g/mol. The highest BCUT2D eigenvalue weighted by molar-refractivity contribution is 5.48. The number of rotatable bonds is 1. The molecule has 1 aliphatic rings. The van der Waals surface area contributed by atoms with Crippen LogP contribution >= 0.6 is 0 Å². The normalized spacial score (nSPS) is 17.9. The second kappa shape index (κ2) is 4.71. The largest absolute Gasteiger partial charge is 0.508 e. The molecule has 0 heterocycles. The third-order valence-corrected chi connectivity index (χ3v) is 3.46. The van der Waals surface area contributed by atoms with E-state index in [0.29, 0.717) is 18.9 Å². The van der Waals surface area contributed by atoms with Crippen LogP contribution in [0.3, 0.4) is 0 Å². The monoisotopic (exact) mass is 260 g/mol. The molecule has 1 aromatic rings. The van der Waals surface area contributed by atoms with E-state index in [9.17, 15) is 23.4 Å². The fourth-order valence-corrected chi connectivity index (χ4v) is 2.68. The maximum atomic E-state index is 12.9. The van der Waals surface area contributed by atoms with Crippen LogP contribution in [0.25, 0.3) is 0 Å². The molecule has 2 N–H and O–H groups in total. The Morgan fingerprint density at radius 1 is 1.00 bits per heavy atom. The summed E-state index contributed by atoms with van der Waals surface area (Å²) in [6.45, 7) is 0. The van der Waals surface area contributed by atoms with Crippen molar-refractivity contribution in [1.82, 2.24) is 0 Å². The first-order chi connectivity index (χ1) is 8.39. The molecule has 0 bridgehead atoms. The molecule has 1 saturated carbocycles. The van der Waals surface area contributed by atoms with E-state index in [1.165, 1.54) is 0 Å². The minimum atomic E-state index is -4.55. The summed E-state index contributed by atoms with van der Waals surface area (Å²) in [5.41, 5.74) is -0.966. The molecule has 1 fully saturated rings. The van der Waals surface area contributed by atoms with Gasteiger partial charge in [0.2, 0.25) is 0 Å². The predicted molar refractivity (Wildman–Crippen MR) is 60.6 cm³/mol. The van der Waals surface area contributed by atoms with E-state index in [0.717, 1.165) is 25.3 Å². The lowest BCUT2D eigenvalue weighted by atomic mass is 9.81. The van der Waals surface area contributed by atoms with E-state index < -0.39 is 23.2 Å². The summed E-state index contributed by atoms with van der Waals surface area (Å²) in [6.07, 6.45) is -0.465. The van der Waals surface area contributed by atoms with Gasteiger partial charge in [0.05, 0.1) is 5.56 Å². The van der Waals surface area contributed by atoms with Crippen molar-refractivity contribution < 1.29 is 23.4 Å². The molecule has 0 spiro atoms. The Bertz CT molecular complexity index is 435. The van der Waals surface area contributed by atoms with Crippen LogP contribution in [0.4, 0.5) is 13.2 Å². The molecule has 0 saturated heterocycles. The zero-order valence-electron chi connectivity index (χ0n) is 9.80. The van der Waals surface area contributed by atoms with Crippen molar-refractivity contribution in [3.05, 3.63) is 23.3 Å².